The molecule has 0 spiro atoms. The maximum Gasteiger partial charge on any atom is 0.253 e. The van der Waals surface area contributed by atoms with Crippen LogP contribution < -0.4 is 11.1 Å². The molecule has 0 bridgehead atoms. The summed E-state index contributed by atoms with van der Waals surface area (Å²) in [5.74, 6) is 0.510. The van der Waals surface area contributed by atoms with Crippen LogP contribution in [0.2, 0.25) is 0 Å². The van der Waals surface area contributed by atoms with Crippen molar-refractivity contribution in [3.05, 3.63) is 23.8 Å². The predicted molar refractivity (Wildman–Crippen MR) is 81.6 cm³/mol. The molecule has 0 aliphatic heterocycles. The molecule has 1 aromatic carbocycles. The van der Waals surface area contributed by atoms with Crippen molar-refractivity contribution < 1.29 is 9.53 Å². The Labute approximate surface area is 120 Å². The third-order valence-electron chi connectivity index (χ3n) is 3.95. The molecule has 0 radical (unpaired) electrons. The zero-order valence-electron chi connectivity index (χ0n) is 12.3. The number of amides is 1. The standard InChI is InChI=1S/C16H24N2O2/c1-11-7-8-14(17)9-15(11)18-16(19)12(2)20-10-13-5-3-4-6-13/h7-9,12-13H,3-6,10,17H2,1-2H3,(H,18,19). The van der Waals surface area contributed by atoms with Crippen molar-refractivity contribution in [2.24, 2.45) is 5.92 Å². The monoisotopic (exact) mass is 276 g/mol. The molecule has 1 aliphatic rings. The van der Waals surface area contributed by atoms with Gasteiger partial charge >= 0.3 is 0 Å². The van der Waals surface area contributed by atoms with Crippen LogP contribution in [0.4, 0.5) is 11.4 Å². The van der Waals surface area contributed by atoms with Crippen molar-refractivity contribution in [2.45, 2.75) is 45.6 Å². The Morgan fingerprint density at radius 1 is 1.45 bits per heavy atom. The van der Waals surface area contributed by atoms with Gasteiger partial charge in [-0.3, -0.25) is 4.79 Å². The van der Waals surface area contributed by atoms with E-state index in [4.69, 9.17) is 10.5 Å². The minimum atomic E-state index is -0.434. The van der Waals surface area contributed by atoms with Gasteiger partial charge < -0.3 is 15.8 Å². The highest BCUT2D eigenvalue weighted by atomic mass is 16.5. The summed E-state index contributed by atoms with van der Waals surface area (Å²) < 4.78 is 5.69. The summed E-state index contributed by atoms with van der Waals surface area (Å²) >= 11 is 0. The average molecular weight is 276 g/mol. The molecule has 4 heteroatoms. The summed E-state index contributed by atoms with van der Waals surface area (Å²) in [6.07, 6.45) is 4.59. The van der Waals surface area contributed by atoms with E-state index in [2.05, 4.69) is 5.32 Å². The normalized spacial score (nSPS) is 17.1. The smallest absolute Gasteiger partial charge is 0.253 e. The number of rotatable bonds is 5. The summed E-state index contributed by atoms with van der Waals surface area (Å²) in [4.78, 5) is 12.1. The van der Waals surface area contributed by atoms with Crippen LogP contribution in [0.15, 0.2) is 18.2 Å². The van der Waals surface area contributed by atoms with E-state index < -0.39 is 6.10 Å². The molecular formula is C16H24N2O2. The Morgan fingerprint density at radius 2 is 2.15 bits per heavy atom. The number of hydrogen-bond donors (Lipinski definition) is 2. The zero-order valence-corrected chi connectivity index (χ0v) is 12.3. The molecule has 20 heavy (non-hydrogen) atoms. The van der Waals surface area contributed by atoms with Gasteiger partial charge in [-0.25, -0.2) is 0 Å². The molecule has 1 amide bonds. The topological polar surface area (TPSA) is 64.3 Å². The summed E-state index contributed by atoms with van der Waals surface area (Å²) in [7, 11) is 0. The molecule has 1 unspecified atom stereocenters. The molecule has 110 valence electrons. The lowest BCUT2D eigenvalue weighted by Crippen LogP contribution is -2.29. The van der Waals surface area contributed by atoms with Crippen molar-refractivity contribution in [2.75, 3.05) is 17.7 Å². The number of carbonyl (C=O) groups is 1. The van der Waals surface area contributed by atoms with E-state index in [1.807, 2.05) is 19.1 Å². The maximum atomic E-state index is 12.1. The number of benzene rings is 1. The van der Waals surface area contributed by atoms with Crippen molar-refractivity contribution in [1.82, 2.24) is 0 Å². The van der Waals surface area contributed by atoms with Crippen LogP contribution in [0.25, 0.3) is 0 Å². The minimum absolute atomic E-state index is 0.114. The minimum Gasteiger partial charge on any atom is -0.399 e. The van der Waals surface area contributed by atoms with E-state index in [0.717, 1.165) is 11.3 Å². The van der Waals surface area contributed by atoms with Crippen LogP contribution in [0.3, 0.4) is 0 Å². The fourth-order valence-corrected chi connectivity index (χ4v) is 2.54. The molecule has 4 nitrogen and oxygen atoms in total. The molecule has 3 N–H and O–H groups in total. The number of nitrogens with two attached hydrogens (primary N) is 1. The van der Waals surface area contributed by atoms with E-state index in [1.54, 1.807) is 13.0 Å². The molecule has 0 saturated heterocycles. The van der Waals surface area contributed by atoms with E-state index in [0.29, 0.717) is 18.2 Å². The number of nitrogen functional groups attached to an aromatic ring is 1. The van der Waals surface area contributed by atoms with Gasteiger partial charge in [0.05, 0.1) is 6.61 Å². The molecule has 1 saturated carbocycles. The Hall–Kier alpha value is -1.55. The van der Waals surface area contributed by atoms with Gasteiger partial charge in [0.2, 0.25) is 0 Å². The SMILES string of the molecule is Cc1ccc(N)cc1NC(=O)C(C)OCC1CCCC1. The quantitative estimate of drug-likeness (QED) is 0.812. The Morgan fingerprint density at radius 3 is 2.85 bits per heavy atom. The van der Waals surface area contributed by atoms with Crippen LogP contribution in [0.1, 0.15) is 38.2 Å². The highest BCUT2D eigenvalue weighted by molar-refractivity contribution is 5.95. The van der Waals surface area contributed by atoms with Gasteiger partial charge in [0, 0.05) is 11.4 Å². The van der Waals surface area contributed by atoms with Crippen LogP contribution in [0.5, 0.6) is 0 Å². The molecule has 0 aromatic heterocycles. The Kier molecular flexibility index (Phi) is 5.01. The Bertz CT molecular complexity index is 468. The first-order valence-corrected chi connectivity index (χ1v) is 7.35. The van der Waals surface area contributed by atoms with Crippen molar-refractivity contribution in [3.63, 3.8) is 0 Å². The molecule has 1 aromatic rings. The number of anilines is 2. The van der Waals surface area contributed by atoms with Gasteiger partial charge in [-0.15, -0.1) is 0 Å². The molecule has 2 rings (SSSR count). The number of ether oxygens (including phenoxy) is 1. The van der Waals surface area contributed by atoms with Gasteiger partial charge in [0.1, 0.15) is 6.10 Å². The van der Waals surface area contributed by atoms with Crippen LogP contribution >= 0.6 is 0 Å². The number of aryl methyl sites for hydroxylation is 1. The van der Waals surface area contributed by atoms with Gasteiger partial charge in [0.15, 0.2) is 0 Å². The van der Waals surface area contributed by atoms with Crippen LogP contribution in [0, 0.1) is 12.8 Å². The highest BCUT2D eigenvalue weighted by Gasteiger charge is 2.19. The maximum absolute atomic E-state index is 12.1. The lowest BCUT2D eigenvalue weighted by molar-refractivity contribution is -0.127. The molecule has 0 heterocycles. The van der Waals surface area contributed by atoms with E-state index in [1.165, 1.54) is 25.7 Å². The first kappa shape index (κ1) is 14.9. The van der Waals surface area contributed by atoms with Crippen molar-refractivity contribution in [1.29, 1.82) is 0 Å². The van der Waals surface area contributed by atoms with Gasteiger partial charge in [-0.1, -0.05) is 18.9 Å². The largest absolute Gasteiger partial charge is 0.399 e. The van der Waals surface area contributed by atoms with Crippen LogP contribution in [-0.4, -0.2) is 18.6 Å². The van der Waals surface area contributed by atoms with Crippen molar-refractivity contribution in [3.8, 4) is 0 Å². The van der Waals surface area contributed by atoms with Crippen LogP contribution in [-0.2, 0) is 9.53 Å². The first-order valence-electron chi connectivity index (χ1n) is 7.35. The molecule has 1 fully saturated rings. The van der Waals surface area contributed by atoms with E-state index in [-0.39, 0.29) is 5.91 Å². The molecule has 1 aliphatic carbocycles. The van der Waals surface area contributed by atoms with E-state index in [9.17, 15) is 4.79 Å². The number of hydrogen-bond acceptors (Lipinski definition) is 3. The van der Waals surface area contributed by atoms with Crippen molar-refractivity contribution >= 4 is 17.3 Å². The summed E-state index contributed by atoms with van der Waals surface area (Å²) in [6, 6.07) is 5.50. The predicted octanol–water partition coefficient (Wildman–Crippen LogP) is 3.11. The second-order valence-electron chi connectivity index (χ2n) is 5.69. The fraction of sp³-hybridized carbons (Fsp3) is 0.562. The first-order chi connectivity index (χ1) is 9.56. The van der Waals surface area contributed by atoms with Gasteiger partial charge in [0.25, 0.3) is 5.91 Å². The fourth-order valence-electron chi connectivity index (χ4n) is 2.54. The highest BCUT2D eigenvalue weighted by Crippen LogP contribution is 2.25. The van der Waals surface area contributed by atoms with Gasteiger partial charge in [-0.2, -0.15) is 0 Å². The Balaban J connectivity index is 1.85. The zero-order chi connectivity index (χ0) is 14.5. The average Bonchev–Trinajstić information content (AvgIpc) is 2.93. The second kappa shape index (κ2) is 6.75. The molecular weight excluding hydrogens is 252 g/mol. The third-order valence-corrected chi connectivity index (χ3v) is 3.95. The number of carbonyl (C=O) groups excluding carboxylic acids is 1. The van der Waals surface area contributed by atoms with E-state index >= 15 is 0 Å². The number of nitrogens with one attached hydrogen (secondary N) is 1. The summed E-state index contributed by atoms with van der Waals surface area (Å²) in [6.45, 7) is 4.43. The summed E-state index contributed by atoms with van der Waals surface area (Å²) in [5.41, 5.74) is 8.13. The third kappa shape index (κ3) is 3.97. The lowest BCUT2D eigenvalue weighted by Gasteiger charge is -2.17. The molecule has 1 atom stereocenters. The second-order valence-corrected chi connectivity index (χ2v) is 5.69. The summed E-state index contributed by atoms with van der Waals surface area (Å²) in [5, 5.41) is 2.88. The van der Waals surface area contributed by atoms with Gasteiger partial charge in [-0.05, 0) is 50.3 Å². The lowest BCUT2D eigenvalue weighted by atomic mass is 10.1.